The highest BCUT2D eigenvalue weighted by molar-refractivity contribution is 6.31. The van der Waals surface area contributed by atoms with Crippen molar-refractivity contribution in [3.8, 4) is 5.75 Å². The largest absolute Gasteiger partial charge is 0.495 e. The van der Waals surface area contributed by atoms with Crippen molar-refractivity contribution < 1.29 is 14.3 Å². The first kappa shape index (κ1) is 18.3. The lowest BCUT2D eigenvalue weighted by molar-refractivity contribution is -0.124. The predicted molar refractivity (Wildman–Crippen MR) is 102 cm³/mol. The van der Waals surface area contributed by atoms with E-state index in [0.717, 1.165) is 5.56 Å². The topological polar surface area (TPSA) is 49.9 Å². The fraction of sp³-hybridized carbons (Fsp3) is 0.300. The maximum absolute atomic E-state index is 13.0. The molecule has 0 bridgehead atoms. The van der Waals surface area contributed by atoms with Crippen LogP contribution >= 0.6 is 11.6 Å². The lowest BCUT2D eigenvalue weighted by Crippen LogP contribution is -2.57. The van der Waals surface area contributed by atoms with Crippen molar-refractivity contribution in [2.75, 3.05) is 25.1 Å². The second kappa shape index (κ2) is 7.38. The van der Waals surface area contributed by atoms with Crippen LogP contribution in [0.4, 0.5) is 5.69 Å². The Hall–Kier alpha value is -2.53. The van der Waals surface area contributed by atoms with Gasteiger partial charge in [0.2, 0.25) is 5.91 Å². The van der Waals surface area contributed by atoms with Crippen molar-refractivity contribution in [3.63, 3.8) is 0 Å². The van der Waals surface area contributed by atoms with Gasteiger partial charge in [-0.15, -0.1) is 0 Å². The molecule has 26 heavy (non-hydrogen) atoms. The SMILES string of the molecule is COc1ccc(Cl)cc1N1CCN(C(=O)c2cccc(C)c2)[C@H](C)C1=O. The minimum atomic E-state index is -0.569. The number of rotatable bonds is 3. The summed E-state index contributed by atoms with van der Waals surface area (Å²) in [7, 11) is 1.55. The van der Waals surface area contributed by atoms with Gasteiger partial charge in [0, 0.05) is 23.7 Å². The lowest BCUT2D eigenvalue weighted by Gasteiger charge is -2.39. The minimum Gasteiger partial charge on any atom is -0.495 e. The van der Waals surface area contributed by atoms with Gasteiger partial charge in [-0.3, -0.25) is 9.59 Å². The van der Waals surface area contributed by atoms with Gasteiger partial charge in [0.25, 0.3) is 5.91 Å². The molecule has 1 atom stereocenters. The number of halogens is 1. The molecule has 0 N–H and O–H groups in total. The molecule has 2 aromatic rings. The number of piperazine rings is 1. The van der Waals surface area contributed by atoms with Crippen molar-refractivity contribution in [1.82, 2.24) is 4.90 Å². The number of amides is 2. The first-order valence-corrected chi connectivity index (χ1v) is 8.82. The van der Waals surface area contributed by atoms with Crippen LogP contribution in [0.3, 0.4) is 0 Å². The molecule has 3 rings (SSSR count). The Morgan fingerprint density at radius 3 is 2.65 bits per heavy atom. The van der Waals surface area contributed by atoms with Crippen molar-refractivity contribution in [2.24, 2.45) is 0 Å². The molecule has 0 aromatic heterocycles. The molecule has 0 radical (unpaired) electrons. The smallest absolute Gasteiger partial charge is 0.254 e. The van der Waals surface area contributed by atoms with E-state index >= 15 is 0 Å². The Balaban J connectivity index is 1.85. The molecule has 5 nitrogen and oxygen atoms in total. The van der Waals surface area contributed by atoms with Crippen LogP contribution in [0.5, 0.6) is 5.75 Å². The second-order valence-electron chi connectivity index (χ2n) is 6.35. The molecular formula is C20H21ClN2O3. The monoisotopic (exact) mass is 372 g/mol. The molecule has 0 unspecified atom stereocenters. The van der Waals surface area contributed by atoms with Gasteiger partial charge in [-0.1, -0.05) is 29.3 Å². The number of hydrogen-bond donors (Lipinski definition) is 0. The molecule has 1 aliphatic heterocycles. The van der Waals surface area contributed by atoms with Gasteiger partial charge in [-0.25, -0.2) is 0 Å². The number of hydrogen-bond acceptors (Lipinski definition) is 3. The standard InChI is InChI=1S/C20H21ClN2O3/c1-13-5-4-6-15(11-13)20(25)22-9-10-23(19(24)14(22)2)17-12-16(21)7-8-18(17)26-3/h4-8,11-12,14H,9-10H2,1-3H3/t14-/m1/s1. The molecule has 2 amide bonds. The zero-order chi connectivity index (χ0) is 18.8. The van der Waals surface area contributed by atoms with E-state index in [-0.39, 0.29) is 11.8 Å². The Morgan fingerprint density at radius 2 is 1.96 bits per heavy atom. The number of carbonyl (C=O) groups is 2. The van der Waals surface area contributed by atoms with Gasteiger partial charge < -0.3 is 14.5 Å². The molecule has 1 fully saturated rings. The van der Waals surface area contributed by atoms with E-state index < -0.39 is 6.04 Å². The fourth-order valence-corrected chi connectivity index (χ4v) is 3.37. The zero-order valence-electron chi connectivity index (χ0n) is 15.0. The molecule has 0 spiro atoms. The maximum atomic E-state index is 13.0. The molecule has 0 saturated carbocycles. The minimum absolute atomic E-state index is 0.132. The molecule has 1 heterocycles. The number of anilines is 1. The van der Waals surface area contributed by atoms with E-state index in [1.807, 2.05) is 25.1 Å². The van der Waals surface area contributed by atoms with Gasteiger partial charge in [-0.05, 0) is 44.2 Å². The van der Waals surface area contributed by atoms with Crippen LogP contribution in [0.15, 0.2) is 42.5 Å². The van der Waals surface area contributed by atoms with E-state index in [0.29, 0.717) is 35.1 Å². The normalized spacial score (nSPS) is 17.4. The number of ether oxygens (including phenoxy) is 1. The van der Waals surface area contributed by atoms with E-state index in [2.05, 4.69) is 0 Å². The third-order valence-corrected chi connectivity index (χ3v) is 4.85. The summed E-state index contributed by atoms with van der Waals surface area (Å²) in [5.74, 6) is 0.290. The zero-order valence-corrected chi connectivity index (χ0v) is 15.8. The molecule has 136 valence electrons. The van der Waals surface area contributed by atoms with Crippen molar-refractivity contribution in [2.45, 2.75) is 19.9 Å². The first-order chi connectivity index (χ1) is 12.4. The van der Waals surface area contributed by atoms with E-state index in [9.17, 15) is 9.59 Å². The third kappa shape index (κ3) is 3.40. The molecule has 1 saturated heterocycles. The first-order valence-electron chi connectivity index (χ1n) is 8.45. The highest BCUT2D eigenvalue weighted by Crippen LogP contribution is 2.33. The lowest BCUT2D eigenvalue weighted by atomic mass is 10.1. The number of nitrogens with zero attached hydrogens (tertiary/aromatic N) is 2. The van der Waals surface area contributed by atoms with E-state index in [1.165, 1.54) is 0 Å². The van der Waals surface area contributed by atoms with Crippen molar-refractivity contribution in [1.29, 1.82) is 0 Å². The average molecular weight is 373 g/mol. The molecular weight excluding hydrogens is 352 g/mol. The van der Waals surface area contributed by atoms with Crippen LogP contribution in [-0.4, -0.2) is 43.0 Å². The fourth-order valence-electron chi connectivity index (χ4n) is 3.21. The third-order valence-electron chi connectivity index (χ3n) is 4.61. The van der Waals surface area contributed by atoms with Crippen LogP contribution in [0, 0.1) is 6.92 Å². The number of benzene rings is 2. The Kier molecular flexibility index (Phi) is 5.18. The van der Waals surface area contributed by atoms with Crippen LogP contribution in [0.2, 0.25) is 5.02 Å². The highest BCUT2D eigenvalue weighted by Gasteiger charge is 2.36. The number of methoxy groups -OCH3 is 1. The summed E-state index contributed by atoms with van der Waals surface area (Å²) in [5, 5.41) is 0.527. The summed E-state index contributed by atoms with van der Waals surface area (Å²) in [4.78, 5) is 29.0. The number of aryl methyl sites for hydroxylation is 1. The highest BCUT2D eigenvalue weighted by atomic mass is 35.5. The van der Waals surface area contributed by atoms with Gasteiger partial charge in [0.05, 0.1) is 12.8 Å². The maximum Gasteiger partial charge on any atom is 0.254 e. The Bertz CT molecular complexity index is 853. The van der Waals surface area contributed by atoms with Gasteiger partial charge >= 0.3 is 0 Å². The summed E-state index contributed by atoms with van der Waals surface area (Å²) in [5.41, 5.74) is 2.23. The second-order valence-corrected chi connectivity index (χ2v) is 6.79. The van der Waals surface area contributed by atoms with E-state index in [4.69, 9.17) is 16.3 Å². The van der Waals surface area contributed by atoms with Gasteiger partial charge in [-0.2, -0.15) is 0 Å². The Labute approximate surface area is 158 Å². The summed E-state index contributed by atoms with van der Waals surface area (Å²) < 4.78 is 5.36. The van der Waals surface area contributed by atoms with Crippen molar-refractivity contribution in [3.05, 3.63) is 58.6 Å². The van der Waals surface area contributed by atoms with Crippen LogP contribution in [0.1, 0.15) is 22.8 Å². The quantitative estimate of drug-likeness (QED) is 0.828. The van der Waals surface area contributed by atoms with Crippen LogP contribution in [0.25, 0.3) is 0 Å². The van der Waals surface area contributed by atoms with Crippen molar-refractivity contribution >= 4 is 29.1 Å². The number of carbonyl (C=O) groups excluding carboxylic acids is 2. The van der Waals surface area contributed by atoms with Gasteiger partial charge in [0.15, 0.2) is 0 Å². The van der Waals surface area contributed by atoms with Crippen LogP contribution < -0.4 is 9.64 Å². The van der Waals surface area contributed by atoms with Crippen LogP contribution in [-0.2, 0) is 4.79 Å². The molecule has 0 aliphatic carbocycles. The average Bonchev–Trinajstić information content (AvgIpc) is 2.63. The summed E-state index contributed by atoms with van der Waals surface area (Å²) in [6.45, 7) is 4.51. The van der Waals surface area contributed by atoms with E-state index in [1.54, 1.807) is 48.1 Å². The Morgan fingerprint density at radius 1 is 1.19 bits per heavy atom. The molecule has 6 heteroatoms. The molecule has 2 aromatic carbocycles. The van der Waals surface area contributed by atoms with Gasteiger partial charge in [0.1, 0.15) is 11.8 Å². The summed E-state index contributed by atoms with van der Waals surface area (Å²) in [6, 6.07) is 12.0. The predicted octanol–water partition coefficient (Wildman–Crippen LogP) is 3.53. The molecule has 1 aliphatic rings. The summed E-state index contributed by atoms with van der Waals surface area (Å²) >= 11 is 6.09. The summed E-state index contributed by atoms with van der Waals surface area (Å²) in [6.07, 6.45) is 0.